The lowest BCUT2D eigenvalue weighted by molar-refractivity contribution is -0.336. The molecule has 0 aromatic rings. The van der Waals surface area contributed by atoms with Gasteiger partial charge in [-0.25, -0.2) is 0 Å². The van der Waals surface area contributed by atoms with Crippen molar-refractivity contribution in [2.75, 3.05) is 0 Å². The molecule has 66 valence electrons. The van der Waals surface area contributed by atoms with Crippen molar-refractivity contribution in [3.05, 3.63) is 0 Å². The van der Waals surface area contributed by atoms with Crippen LogP contribution in [0.25, 0.3) is 0 Å². The molecule has 0 radical (unpaired) electrons. The minimum atomic E-state index is -0.531. The number of hydrogen-bond acceptors (Lipinski definition) is 1. The summed E-state index contributed by atoms with van der Waals surface area (Å²) >= 11 is 0. The molecule has 0 heterocycles. The normalized spacial score (nSPS) is 65.3. The molecule has 5 saturated carbocycles. The smallest absolute Gasteiger partial charge is 0.310 e. The highest BCUT2D eigenvalue weighted by Crippen LogP contribution is 2.93. The molecule has 0 saturated heterocycles. The Morgan fingerprint density at radius 1 is 1.50 bits per heavy atom. The van der Waals surface area contributed by atoms with Crippen molar-refractivity contribution in [3.8, 4) is 0 Å². The van der Waals surface area contributed by atoms with E-state index in [1.165, 1.54) is 0 Å². The lowest BCUT2D eigenvalue weighted by Gasteiger charge is -2.80. The summed E-state index contributed by atoms with van der Waals surface area (Å²) in [6.07, 6.45) is 3.23. The van der Waals surface area contributed by atoms with Crippen molar-refractivity contribution in [1.29, 1.82) is 0 Å². The molecular formula is C10H14O2. The molecule has 5 aliphatic carbocycles. The van der Waals surface area contributed by atoms with Gasteiger partial charge in [-0.05, 0) is 36.0 Å². The third-order valence-electron chi connectivity index (χ3n) is 5.57. The first-order chi connectivity index (χ1) is 5.49. The molecule has 0 aliphatic heterocycles. The van der Waals surface area contributed by atoms with Crippen molar-refractivity contribution in [1.82, 2.24) is 0 Å². The number of aliphatic carboxylic acids is 1. The number of hydrogen-bond donors (Lipinski definition) is 1. The van der Waals surface area contributed by atoms with Gasteiger partial charge in [-0.15, -0.1) is 0 Å². The van der Waals surface area contributed by atoms with Gasteiger partial charge < -0.3 is 5.11 Å². The van der Waals surface area contributed by atoms with E-state index in [0.717, 1.165) is 19.3 Å². The topological polar surface area (TPSA) is 37.3 Å². The number of fused-ring (bicyclic) bond motifs is 1. The van der Waals surface area contributed by atoms with Crippen LogP contribution in [-0.4, -0.2) is 11.1 Å². The minimum Gasteiger partial charge on any atom is -0.481 e. The van der Waals surface area contributed by atoms with E-state index in [9.17, 15) is 9.90 Å². The summed E-state index contributed by atoms with van der Waals surface area (Å²) in [5, 5.41) is 9.19. The Kier molecular flexibility index (Phi) is 0.774. The van der Waals surface area contributed by atoms with Gasteiger partial charge in [-0.2, -0.15) is 0 Å². The van der Waals surface area contributed by atoms with Gasteiger partial charge in [-0.3, -0.25) is 4.79 Å². The number of carboxylic acid groups (broad SMARTS) is 1. The van der Waals surface area contributed by atoms with Gasteiger partial charge in [0.1, 0.15) is 0 Å². The monoisotopic (exact) mass is 166 g/mol. The Morgan fingerprint density at radius 3 is 2.42 bits per heavy atom. The zero-order valence-electron chi connectivity index (χ0n) is 7.55. The van der Waals surface area contributed by atoms with Crippen LogP contribution >= 0.6 is 0 Å². The molecule has 5 fully saturated rings. The van der Waals surface area contributed by atoms with E-state index in [0.29, 0.717) is 11.3 Å². The lowest BCUT2D eigenvalue weighted by atomic mass is 9.22. The van der Waals surface area contributed by atoms with Crippen molar-refractivity contribution in [3.63, 3.8) is 0 Å². The number of carboxylic acids is 1. The van der Waals surface area contributed by atoms with Crippen LogP contribution in [0.2, 0.25) is 0 Å². The third kappa shape index (κ3) is 0.301. The molecule has 2 nitrogen and oxygen atoms in total. The SMILES string of the molecule is C[C@]12CC[C@@H]3[C@]1(C)C[C@@]32C(=O)O. The van der Waals surface area contributed by atoms with Gasteiger partial charge in [0.05, 0.1) is 5.41 Å². The van der Waals surface area contributed by atoms with Crippen molar-refractivity contribution in [2.45, 2.75) is 33.1 Å². The number of carbonyl (C=O) groups is 1. The average Bonchev–Trinajstić information content (AvgIpc) is 2.33. The molecule has 2 heteroatoms. The minimum absolute atomic E-state index is 0.149. The molecule has 12 heavy (non-hydrogen) atoms. The Labute approximate surface area is 72.0 Å². The van der Waals surface area contributed by atoms with Gasteiger partial charge in [0.25, 0.3) is 0 Å². The molecular weight excluding hydrogens is 152 g/mol. The van der Waals surface area contributed by atoms with Crippen LogP contribution in [0.1, 0.15) is 33.1 Å². The van der Waals surface area contributed by atoms with Crippen molar-refractivity contribution in [2.24, 2.45) is 22.2 Å². The lowest BCUT2D eigenvalue weighted by Crippen LogP contribution is -2.80. The van der Waals surface area contributed by atoms with Crippen LogP contribution in [0.3, 0.4) is 0 Å². The van der Waals surface area contributed by atoms with E-state index in [1.807, 2.05) is 0 Å². The predicted molar refractivity (Wildman–Crippen MR) is 43.6 cm³/mol. The highest BCUT2D eigenvalue weighted by Gasteiger charge is 2.91. The maximum absolute atomic E-state index is 11.1. The summed E-state index contributed by atoms with van der Waals surface area (Å²) in [7, 11) is 0. The Hall–Kier alpha value is -0.530. The first-order valence-corrected chi connectivity index (χ1v) is 4.72. The zero-order chi connectivity index (χ0) is 8.78. The van der Waals surface area contributed by atoms with Crippen LogP contribution in [0.15, 0.2) is 0 Å². The Bertz CT molecular complexity index is 298. The van der Waals surface area contributed by atoms with E-state index in [2.05, 4.69) is 13.8 Å². The van der Waals surface area contributed by atoms with E-state index in [1.54, 1.807) is 0 Å². The van der Waals surface area contributed by atoms with Crippen LogP contribution in [0.4, 0.5) is 0 Å². The largest absolute Gasteiger partial charge is 0.481 e. The van der Waals surface area contributed by atoms with Crippen molar-refractivity contribution < 1.29 is 9.90 Å². The highest BCUT2D eigenvalue weighted by molar-refractivity contribution is 5.83. The first-order valence-electron chi connectivity index (χ1n) is 4.72. The van der Waals surface area contributed by atoms with E-state index < -0.39 is 5.97 Å². The van der Waals surface area contributed by atoms with Gasteiger partial charge >= 0.3 is 5.97 Å². The summed E-state index contributed by atoms with van der Waals surface area (Å²) in [6, 6.07) is 0. The second kappa shape index (κ2) is 1.34. The quantitative estimate of drug-likeness (QED) is 0.646. The van der Waals surface area contributed by atoms with Crippen LogP contribution < -0.4 is 0 Å². The first kappa shape index (κ1) is 6.93. The van der Waals surface area contributed by atoms with E-state index >= 15 is 0 Å². The summed E-state index contributed by atoms with van der Waals surface area (Å²) in [5.41, 5.74) is 0.254. The van der Waals surface area contributed by atoms with Crippen LogP contribution in [0, 0.1) is 22.2 Å². The summed E-state index contributed by atoms with van der Waals surface area (Å²) in [6.45, 7) is 4.45. The number of rotatable bonds is 1. The molecule has 4 bridgehead atoms. The van der Waals surface area contributed by atoms with Crippen LogP contribution in [0.5, 0.6) is 0 Å². The average molecular weight is 166 g/mol. The molecule has 5 rings (SSSR count). The van der Waals surface area contributed by atoms with Gasteiger partial charge in [0.15, 0.2) is 0 Å². The maximum Gasteiger partial charge on any atom is 0.310 e. The second-order valence-corrected chi connectivity index (χ2v) is 5.29. The van der Waals surface area contributed by atoms with Crippen molar-refractivity contribution >= 4 is 5.97 Å². The fourth-order valence-electron chi connectivity index (χ4n) is 4.69. The second-order valence-electron chi connectivity index (χ2n) is 5.29. The van der Waals surface area contributed by atoms with Gasteiger partial charge in [0.2, 0.25) is 0 Å². The molecule has 0 amide bonds. The van der Waals surface area contributed by atoms with E-state index in [-0.39, 0.29) is 10.8 Å². The van der Waals surface area contributed by atoms with Gasteiger partial charge in [-0.1, -0.05) is 13.8 Å². The molecule has 0 aromatic carbocycles. The molecule has 1 N–H and O–H groups in total. The third-order valence-corrected chi connectivity index (χ3v) is 5.57. The van der Waals surface area contributed by atoms with E-state index in [4.69, 9.17) is 0 Å². The van der Waals surface area contributed by atoms with Crippen LogP contribution in [-0.2, 0) is 4.79 Å². The summed E-state index contributed by atoms with van der Waals surface area (Å²) < 4.78 is 0. The Balaban J connectivity index is 2.12. The highest BCUT2D eigenvalue weighted by atomic mass is 16.4. The Morgan fingerprint density at radius 2 is 2.17 bits per heavy atom. The zero-order valence-corrected chi connectivity index (χ0v) is 7.55. The van der Waals surface area contributed by atoms with Gasteiger partial charge in [0, 0.05) is 0 Å². The summed E-state index contributed by atoms with van der Waals surface area (Å²) in [5.74, 6) is -0.0243. The molecule has 0 spiro atoms. The fraction of sp³-hybridized carbons (Fsp3) is 0.900. The summed E-state index contributed by atoms with van der Waals surface area (Å²) in [4.78, 5) is 11.1. The standard InChI is InChI=1S/C10H14O2/c1-8-5-10(7(11)12)6(8)3-4-9(8,10)2/h6H,3-5H2,1-2H3,(H,11,12)/t6-,8+,9+,10+/m1/s1. The molecule has 0 unspecified atom stereocenters. The molecule has 0 aromatic heterocycles. The predicted octanol–water partition coefficient (Wildman–Crippen LogP) is 1.90. The molecule has 4 atom stereocenters. The fourth-order valence-corrected chi connectivity index (χ4v) is 4.69. The maximum atomic E-state index is 11.1. The molecule has 5 aliphatic rings.